The summed E-state index contributed by atoms with van der Waals surface area (Å²) in [7, 11) is 1.61. The molecule has 0 spiro atoms. The minimum absolute atomic E-state index is 0.0308. The van der Waals surface area contributed by atoms with Crippen LogP contribution in [0.4, 0.5) is 11.4 Å². The van der Waals surface area contributed by atoms with Crippen molar-refractivity contribution in [2.45, 2.75) is 19.0 Å². The lowest BCUT2D eigenvalue weighted by Gasteiger charge is -2.18. The summed E-state index contributed by atoms with van der Waals surface area (Å²) in [5.41, 5.74) is 3.58. The lowest BCUT2D eigenvalue weighted by molar-refractivity contribution is -0.384. The summed E-state index contributed by atoms with van der Waals surface area (Å²) >= 11 is 1.17. The minimum atomic E-state index is -0.487. The van der Waals surface area contributed by atoms with Gasteiger partial charge in [-0.15, -0.1) is 0 Å². The standard InChI is InChI=1S/C25H22N4O4S/c1-16-12-17(2)14-20(13-16)28-24(31)21-6-4-5-7-22(21)26-25(28)34-15-23(30)27(3)18-8-10-19(11-9-18)29(32)33/h4-14H,15H2,1-3H3. The third-order valence-corrected chi connectivity index (χ3v) is 6.28. The Morgan fingerprint density at radius 3 is 2.35 bits per heavy atom. The number of aromatic nitrogens is 2. The number of rotatable bonds is 6. The normalized spacial score (nSPS) is 10.9. The summed E-state index contributed by atoms with van der Waals surface area (Å²) in [5, 5.41) is 11.8. The van der Waals surface area contributed by atoms with Gasteiger partial charge in [-0.05, 0) is 61.4 Å². The quantitative estimate of drug-likeness (QED) is 0.174. The number of benzene rings is 3. The summed E-state index contributed by atoms with van der Waals surface area (Å²) in [5.74, 6) is -0.198. The average Bonchev–Trinajstić information content (AvgIpc) is 2.81. The molecule has 34 heavy (non-hydrogen) atoms. The van der Waals surface area contributed by atoms with E-state index in [9.17, 15) is 19.7 Å². The number of nitro benzene ring substituents is 1. The molecule has 9 heteroatoms. The predicted octanol–water partition coefficient (Wildman–Crippen LogP) is 4.67. The Morgan fingerprint density at radius 1 is 1.06 bits per heavy atom. The molecule has 1 heterocycles. The maximum Gasteiger partial charge on any atom is 0.269 e. The molecule has 8 nitrogen and oxygen atoms in total. The highest BCUT2D eigenvalue weighted by Gasteiger charge is 2.18. The van der Waals surface area contributed by atoms with Crippen molar-refractivity contribution in [2.75, 3.05) is 17.7 Å². The van der Waals surface area contributed by atoms with Crippen LogP contribution in [0.3, 0.4) is 0 Å². The summed E-state index contributed by atoms with van der Waals surface area (Å²) in [6.45, 7) is 3.93. The monoisotopic (exact) mass is 474 g/mol. The Labute approximate surface area is 200 Å². The van der Waals surface area contributed by atoms with Crippen LogP contribution in [0.25, 0.3) is 16.6 Å². The van der Waals surface area contributed by atoms with Crippen molar-refractivity contribution in [1.29, 1.82) is 0 Å². The molecule has 0 unspecified atom stereocenters. The van der Waals surface area contributed by atoms with Crippen molar-refractivity contribution < 1.29 is 9.72 Å². The van der Waals surface area contributed by atoms with Crippen LogP contribution < -0.4 is 10.5 Å². The van der Waals surface area contributed by atoms with Gasteiger partial charge in [0.05, 0.1) is 27.3 Å². The molecule has 0 saturated heterocycles. The largest absolute Gasteiger partial charge is 0.315 e. The van der Waals surface area contributed by atoms with Crippen LogP contribution in [0.2, 0.25) is 0 Å². The summed E-state index contributed by atoms with van der Waals surface area (Å²) in [6.07, 6.45) is 0. The molecule has 0 N–H and O–H groups in total. The lowest BCUT2D eigenvalue weighted by Crippen LogP contribution is -2.28. The van der Waals surface area contributed by atoms with E-state index < -0.39 is 4.92 Å². The van der Waals surface area contributed by atoms with Crippen molar-refractivity contribution in [2.24, 2.45) is 0 Å². The highest BCUT2D eigenvalue weighted by atomic mass is 32.2. The number of fused-ring (bicyclic) bond motifs is 1. The Hall–Kier alpha value is -3.98. The van der Waals surface area contributed by atoms with Crippen LogP contribution in [0, 0.1) is 24.0 Å². The first-order valence-corrected chi connectivity index (χ1v) is 11.5. The number of para-hydroxylation sites is 1. The van der Waals surface area contributed by atoms with Crippen molar-refractivity contribution >= 4 is 39.9 Å². The Kier molecular flexibility index (Phi) is 6.47. The van der Waals surface area contributed by atoms with E-state index in [1.165, 1.54) is 40.9 Å². The number of nitro groups is 1. The molecule has 1 aromatic heterocycles. The zero-order valence-corrected chi connectivity index (χ0v) is 19.7. The fourth-order valence-electron chi connectivity index (χ4n) is 3.68. The van der Waals surface area contributed by atoms with Crippen LogP contribution in [-0.4, -0.2) is 33.2 Å². The van der Waals surface area contributed by atoms with Gasteiger partial charge < -0.3 is 4.90 Å². The second-order valence-electron chi connectivity index (χ2n) is 7.91. The molecular weight excluding hydrogens is 452 g/mol. The van der Waals surface area contributed by atoms with Crippen LogP contribution in [0.15, 0.2) is 76.7 Å². The van der Waals surface area contributed by atoms with Gasteiger partial charge in [0, 0.05) is 24.9 Å². The molecule has 4 aromatic rings. The van der Waals surface area contributed by atoms with Crippen molar-refractivity contribution in [3.05, 3.63) is 98.3 Å². The number of carbonyl (C=O) groups excluding carboxylic acids is 1. The van der Waals surface area contributed by atoms with Crippen molar-refractivity contribution in [3.63, 3.8) is 0 Å². The van der Waals surface area contributed by atoms with Crippen molar-refractivity contribution in [3.8, 4) is 5.69 Å². The number of thioether (sulfide) groups is 1. The Balaban J connectivity index is 1.67. The highest BCUT2D eigenvalue weighted by molar-refractivity contribution is 7.99. The fourth-order valence-corrected chi connectivity index (χ4v) is 4.61. The molecule has 172 valence electrons. The van der Waals surface area contributed by atoms with Crippen LogP contribution in [-0.2, 0) is 4.79 Å². The highest BCUT2D eigenvalue weighted by Crippen LogP contribution is 2.24. The molecule has 0 aliphatic carbocycles. The van der Waals surface area contributed by atoms with E-state index in [1.807, 2.05) is 38.1 Å². The SMILES string of the molecule is Cc1cc(C)cc(-n2c(SCC(=O)N(C)c3ccc([N+](=O)[O-])cc3)nc3ccccc3c2=O)c1. The first-order valence-electron chi connectivity index (χ1n) is 10.5. The third-order valence-electron chi connectivity index (χ3n) is 5.36. The molecule has 1 amide bonds. The number of anilines is 1. The Morgan fingerprint density at radius 2 is 1.71 bits per heavy atom. The van der Waals surface area contributed by atoms with Crippen LogP contribution >= 0.6 is 11.8 Å². The van der Waals surface area contributed by atoms with Gasteiger partial charge in [-0.25, -0.2) is 4.98 Å². The summed E-state index contributed by atoms with van der Waals surface area (Å²) in [6, 6.07) is 18.8. The number of hydrogen-bond acceptors (Lipinski definition) is 6. The van der Waals surface area contributed by atoms with Gasteiger partial charge in [0.2, 0.25) is 5.91 Å². The van der Waals surface area contributed by atoms with Gasteiger partial charge in [-0.1, -0.05) is 30.0 Å². The van der Waals surface area contributed by atoms with E-state index in [4.69, 9.17) is 0 Å². The summed E-state index contributed by atoms with van der Waals surface area (Å²) in [4.78, 5) is 42.8. The maximum absolute atomic E-state index is 13.4. The molecule has 0 fully saturated rings. The maximum atomic E-state index is 13.4. The van der Waals surface area contributed by atoms with E-state index >= 15 is 0 Å². The number of aryl methyl sites for hydroxylation is 2. The average molecular weight is 475 g/mol. The molecule has 4 rings (SSSR count). The zero-order chi connectivity index (χ0) is 24.4. The van der Waals surface area contributed by atoms with Crippen LogP contribution in [0.5, 0.6) is 0 Å². The number of nitrogens with zero attached hydrogens (tertiary/aromatic N) is 4. The zero-order valence-electron chi connectivity index (χ0n) is 18.9. The van der Waals surface area contributed by atoms with Crippen LogP contribution in [0.1, 0.15) is 11.1 Å². The second kappa shape index (κ2) is 9.48. The molecule has 0 saturated carbocycles. The van der Waals surface area contributed by atoms with E-state index in [0.29, 0.717) is 27.4 Å². The first kappa shape index (κ1) is 23.2. The second-order valence-corrected chi connectivity index (χ2v) is 8.86. The number of carbonyl (C=O) groups is 1. The van der Waals surface area contributed by atoms with Gasteiger partial charge in [-0.2, -0.15) is 0 Å². The first-order chi connectivity index (χ1) is 16.2. The topological polar surface area (TPSA) is 98.3 Å². The molecule has 3 aromatic carbocycles. The van der Waals surface area contributed by atoms with E-state index in [1.54, 1.807) is 29.8 Å². The molecule has 0 bridgehead atoms. The van der Waals surface area contributed by atoms with E-state index in [2.05, 4.69) is 4.98 Å². The van der Waals surface area contributed by atoms with Crippen molar-refractivity contribution in [1.82, 2.24) is 9.55 Å². The van der Waals surface area contributed by atoms with E-state index in [0.717, 1.165) is 11.1 Å². The van der Waals surface area contributed by atoms with E-state index in [-0.39, 0.29) is 22.9 Å². The fraction of sp³-hybridized carbons (Fsp3) is 0.160. The molecule has 0 aliphatic heterocycles. The van der Waals surface area contributed by atoms with Gasteiger partial charge >= 0.3 is 0 Å². The van der Waals surface area contributed by atoms with Gasteiger partial charge in [-0.3, -0.25) is 24.3 Å². The number of amides is 1. The van der Waals surface area contributed by atoms with Gasteiger partial charge in [0.1, 0.15) is 0 Å². The summed E-state index contributed by atoms with van der Waals surface area (Å²) < 4.78 is 1.55. The minimum Gasteiger partial charge on any atom is -0.315 e. The smallest absolute Gasteiger partial charge is 0.269 e. The third kappa shape index (κ3) is 4.69. The van der Waals surface area contributed by atoms with Gasteiger partial charge in [0.25, 0.3) is 11.2 Å². The van der Waals surface area contributed by atoms with Gasteiger partial charge in [0.15, 0.2) is 5.16 Å². The predicted molar refractivity (Wildman–Crippen MR) is 134 cm³/mol. The molecule has 0 radical (unpaired) electrons. The molecular formula is C25H22N4O4S. The number of non-ortho nitro benzene ring substituents is 1. The molecule has 0 atom stereocenters. The molecule has 0 aliphatic rings. The Bertz CT molecular complexity index is 1440. The number of hydrogen-bond donors (Lipinski definition) is 0. The lowest BCUT2D eigenvalue weighted by atomic mass is 10.1.